The summed E-state index contributed by atoms with van der Waals surface area (Å²) >= 11 is -1.80. The van der Waals surface area contributed by atoms with Crippen LogP contribution in [0.1, 0.15) is 12.8 Å². The summed E-state index contributed by atoms with van der Waals surface area (Å²) < 4.78 is 25.4. The van der Waals surface area contributed by atoms with E-state index >= 15 is 0 Å². The van der Waals surface area contributed by atoms with Gasteiger partial charge in [-0.1, -0.05) is 6.07 Å². The Kier molecular flexibility index (Phi) is 6.92. The lowest BCUT2D eigenvalue weighted by Crippen LogP contribution is -2.39. The highest BCUT2D eigenvalue weighted by Crippen LogP contribution is 2.20. The molecule has 0 heterocycles. The number of amides is 1. The topological polar surface area (TPSA) is 134 Å². The van der Waals surface area contributed by atoms with Crippen LogP contribution >= 0.6 is 0 Å². The van der Waals surface area contributed by atoms with Crippen molar-refractivity contribution in [3.8, 4) is 0 Å². The first kappa shape index (κ1) is 17.2. The summed E-state index contributed by atoms with van der Waals surface area (Å²) in [5.41, 5.74) is 6.58. The molecule has 2 atom stereocenters. The van der Waals surface area contributed by atoms with Crippen LogP contribution in [-0.4, -0.2) is 33.4 Å². The zero-order valence-corrected chi connectivity index (χ0v) is 12.0. The molecule has 0 radical (unpaired) electrons. The molecule has 21 heavy (non-hydrogen) atoms. The molecule has 0 saturated carbocycles. The largest absolute Gasteiger partial charge is 0.611 e. The van der Waals surface area contributed by atoms with Gasteiger partial charge in [0.25, 0.3) is 5.91 Å². The summed E-state index contributed by atoms with van der Waals surface area (Å²) in [5, 5.41) is 17.2. The second-order valence-electron chi connectivity index (χ2n) is 4.20. The lowest BCUT2D eigenvalue weighted by molar-refractivity contribution is -0.128. The van der Waals surface area contributed by atoms with Gasteiger partial charge in [0.1, 0.15) is 5.82 Å². The predicted molar refractivity (Wildman–Crippen MR) is 75.7 cm³/mol. The molecule has 1 amide bonds. The molecule has 6 N–H and O–H groups in total. The van der Waals surface area contributed by atoms with Crippen LogP contribution in [0.3, 0.4) is 0 Å². The average molecular weight is 316 g/mol. The van der Waals surface area contributed by atoms with Crippen LogP contribution in [0.15, 0.2) is 29.2 Å². The molecule has 0 saturated heterocycles. The van der Waals surface area contributed by atoms with Crippen LogP contribution in [0.4, 0.5) is 4.39 Å². The Hall–Kier alpha value is -1.84. The van der Waals surface area contributed by atoms with Crippen molar-refractivity contribution >= 4 is 23.0 Å². The van der Waals surface area contributed by atoms with E-state index in [1.54, 1.807) is 0 Å². The van der Waals surface area contributed by atoms with Crippen molar-refractivity contribution in [2.75, 3.05) is 6.54 Å². The van der Waals surface area contributed by atoms with E-state index in [0.29, 0.717) is 13.0 Å². The molecule has 0 bridgehead atoms. The Morgan fingerprint density at radius 1 is 1.57 bits per heavy atom. The number of rotatable bonds is 7. The molecule has 0 aliphatic heterocycles. The number of halogens is 1. The third kappa shape index (κ3) is 5.58. The van der Waals surface area contributed by atoms with Crippen molar-refractivity contribution in [1.29, 1.82) is 5.41 Å². The number of carbonyl (C=O) groups excluding carboxylic acids is 1. The Morgan fingerprint density at radius 2 is 2.29 bits per heavy atom. The van der Waals surface area contributed by atoms with Gasteiger partial charge in [0.05, 0.1) is 0 Å². The van der Waals surface area contributed by atoms with E-state index < -0.39 is 28.2 Å². The summed E-state index contributed by atoms with van der Waals surface area (Å²) in [4.78, 5) is 11.8. The van der Waals surface area contributed by atoms with Gasteiger partial charge in [0.2, 0.25) is 5.25 Å². The highest BCUT2D eigenvalue weighted by Gasteiger charge is 2.32. The molecule has 1 aromatic carbocycles. The number of hydrogen-bond acceptors (Lipinski definition) is 4. The molecular formula is C12H17FN4O3S. The van der Waals surface area contributed by atoms with E-state index in [4.69, 9.17) is 16.4 Å². The SMILES string of the molecule is N=C(N)NCCCC(C(=O)NO)[S+]([O-])c1cccc(F)c1. The van der Waals surface area contributed by atoms with Gasteiger partial charge in [-0.25, -0.2) is 9.87 Å². The molecule has 1 aromatic rings. The summed E-state index contributed by atoms with van der Waals surface area (Å²) in [6.07, 6.45) is 0.578. The van der Waals surface area contributed by atoms with Crippen LogP contribution in [0.2, 0.25) is 0 Å². The van der Waals surface area contributed by atoms with Crippen molar-refractivity contribution in [2.45, 2.75) is 23.0 Å². The number of hydroxylamine groups is 1. The van der Waals surface area contributed by atoms with E-state index in [-0.39, 0.29) is 17.3 Å². The van der Waals surface area contributed by atoms with Crippen LogP contribution in [0, 0.1) is 11.2 Å². The lowest BCUT2D eigenvalue weighted by Gasteiger charge is -2.19. The van der Waals surface area contributed by atoms with Crippen molar-refractivity contribution < 1.29 is 18.9 Å². The van der Waals surface area contributed by atoms with Crippen molar-refractivity contribution in [2.24, 2.45) is 5.73 Å². The number of carbonyl (C=O) groups is 1. The maximum Gasteiger partial charge on any atom is 0.296 e. The monoisotopic (exact) mass is 316 g/mol. The number of hydrogen-bond donors (Lipinski definition) is 5. The van der Waals surface area contributed by atoms with Gasteiger partial charge in [-0.05, 0) is 29.7 Å². The third-order valence-corrected chi connectivity index (χ3v) is 4.33. The molecule has 9 heteroatoms. The average Bonchev–Trinajstić information content (AvgIpc) is 2.45. The van der Waals surface area contributed by atoms with E-state index in [1.807, 2.05) is 0 Å². The predicted octanol–water partition coefficient (Wildman–Crippen LogP) is 0.0706. The van der Waals surface area contributed by atoms with Crippen LogP contribution < -0.4 is 16.5 Å². The second kappa shape index (κ2) is 8.45. The fourth-order valence-electron chi connectivity index (χ4n) is 1.67. The molecule has 1 rings (SSSR count). The van der Waals surface area contributed by atoms with Crippen LogP contribution in [0.5, 0.6) is 0 Å². The maximum atomic E-state index is 13.1. The molecule has 2 unspecified atom stereocenters. The standard InChI is InChI=1S/C12H17FN4O3S/c13-8-3-1-4-9(7-8)21(20)10(11(18)17-19)5-2-6-16-12(14)15/h1,3-4,7,10,19H,2,5-6H2,(H,17,18)(H4,14,15,16). The molecule has 0 aliphatic carbocycles. The quantitative estimate of drug-likeness (QED) is 0.121. The smallest absolute Gasteiger partial charge is 0.296 e. The van der Waals surface area contributed by atoms with E-state index in [0.717, 1.165) is 6.07 Å². The Labute approximate surface area is 124 Å². The highest BCUT2D eigenvalue weighted by atomic mass is 32.2. The van der Waals surface area contributed by atoms with E-state index in [1.165, 1.54) is 23.7 Å². The molecule has 0 spiro atoms. The van der Waals surface area contributed by atoms with Gasteiger partial charge in [-0.3, -0.25) is 15.4 Å². The number of nitrogens with one attached hydrogen (secondary N) is 3. The van der Waals surface area contributed by atoms with Gasteiger partial charge >= 0.3 is 0 Å². The molecular weight excluding hydrogens is 299 g/mol. The van der Waals surface area contributed by atoms with Gasteiger partial charge in [0.15, 0.2) is 10.9 Å². The van der Waals surface area contributed by atoms with E-state index in [2.05, 4.69) is 5.32 Å². The van der Waals surface area contributed by atoms with Crippen molar-refractivity contribution in [3.05, 3.63) is 30.1 Å². The molecule has 0 aliphatic rings. The van der Waals surface area contributed by atoms with Crippen LogP contribution in [0.25, 0.3) is 0 Å². The third-order valence-electron chi connectivity index (χ3n) is 2.65. The molecule has 7 nitrogen and oxygen atoms in total. The van der Waals surface area contributed by atoms with Crippen molar-refractivity contribution in [1.82, 2.24) is 10.8 Å². The first-order chi connectivity index (χ1) is 9.95. The van der Waals surface area contributed by atoms with E-state index in [9.17, 15) is 13.7 Å². The summed E-state index contributed by atoms with van der Waals surface area (Å²) in [7, 11) is 0. The van der Waals surface area contributed by atoms with Gasteiger partial charge in [-0.2, -0.15) is 0 Å². The lowest BCUT2D eigenvalue weighted by atomic mass is 10.2. The van der Waals surface area contributed by atoms with Gasteiger partial charge in [0, 0.05) is 19.0 Å². The zero-order valence-electron chi connectivity index (χ0n) is 11.1. The Morgan fingerprint density at radius 3 is 2.86 bits per heavy atom. The number of nitrogens with two attached hydrogens (primary N) is 1. The minimum atomic E-state index is -1.80. The highest BCUT2D eigenvalue weighted by molar-refractivity contribution is 7.92. The number of guanidine groups is 1. The first-order valence-electron chi connectivity index (χ1n) is 6.13. The maximum absolute atomic E-state index is 13.1. The van der Waals surface area contributed by atoms with Gasteiger partial charge in [-0.15, -0.1) is 0 Å². The minimum Gasteiger partial charge on any atom is -0.611 e. The minimum absolute atomic E-state index is 0.170. The molecule has 0 aromatic heterocycles. The fourth-order valence-corrected chi connectivity index (χ4v) is 3.07. The summed E-state index contributed by atoms with van der Waals surface area (Å²) in [6, 6.07) is 5.14. The normalized spacial score (nSPS) is 13.3. The van der Waals surface area contributed by atoms with Crippen LogP contribution in [-0.2, 0) is 16.0 Å². The fraction of sp³-hybridized carbons (Fsp3) is 0.333. The first-order valence-corrected chi connectivity index (χ1v) is 7.35. The van der Waals surface area contributed by atoms with Gasteiger partial charge < -0.3 is 15.6 Å². The molecule has 116 valence electrons. The summed E-state index contributed by atoms with van der Waals surface area (Å²) in [5.74, 6) is -1.56. The Balaban J connectivity index is 2.72. The summed E-state index contributed by atoms with van der Waals surface area (Å²) in [6.45, 7) is 0.324. The Bertz CT molecular complexity index is 503. The molecule has 0 fully saturated rings. The second-order valence-corrected chi connectivity index (χ2v) is 5.84. The number of benzene rings is 1. The van der Waals surface area contributed by atoms with Crippen molar-refractivity contribution in [3.63, 3.8) is 0 Å². The zero-order chi connectivity index (χ0) is 15.8.